The molecule has 130 valence electrons. The minimum Gasteiger partial charge on any atom is -0.534 e. The highest BCUT2D eigenvalue weighted by atomic mass is 32.2. The lowest BCUT2D eigenvalue weighted by Gasteiger charge is -2.34. The van der Waals surface area contributed by atoms with Gasteiger partial charge in [0.2, 0.25) is 10.0 Å². The molecule has 3 rings (SSSR count). The summed E-state index contributed by atoms with van der Waals surface area (Å²) in [5, 5.41) is 0. The molecule has 0 aliphatic carbocycles. The van der Waals surface area contributed by atoms with Crippen molar-refractivity contribution in [2.24, 2.45) is 0 Å². The summed E-state index contributed by atoms with van der Waals surface area (Å²) in [4.78, 5) is 6.47. The van der Waals surface area contributed by atoms with Gasteiger partial charge in [-0.2, -0.15) is 4.31 Å². The maximum absolute atomic E-state index is 11.6. The van der Waals surface area contributed by atoms with E-state index in [1.54, 1.807) is 6.20 Å². The van der Waals surface area contributed by atoms with Gasteiger partial charge in [0.15, 0.2) is 0 Å². The lowest BCUT2D eigenvalue weighted by molar-refractivity contribution is 0.173. The standard InChI is InChI=1S/C15H22BN3O4S/c1-12-15(2,3)23-16(22-12)13-5-6-17-14(11-13)18-7-9-19(10-8-18)24(4,20)21/h5-6,11H,1,7-10H2,2-4H3. The minimum absolute atomic E-state index is 0.463. The van der Waals surface area contributed by atoms with Crippen molar-refractivity contribution in [3.05, 3.63) is 30.7 Å². The highest BCUT2D eigenvalue weighted by molar-refractivity contribution is 7.88. The number of sulfonamides is 1. The molecule has 1 aromatic rings. The van der Waals surface area contributed by atoms with Gasteiger partial charge in [-0.3, -0.25) is 0 Å². The van der Waals surface area contributed by atoms with E-state index in [-0.39, 0.29) is 0 Å². The summed E-state index contributed by atoms with van der Waals surface area (Å²) in [6.07, 6.45) is 2.96. The first-order chi connectivity index (χ1) is 11.2. The minimum atomic E-state index is -3.14. The molecule has 2 saturated heterocycles. The average Bonchev–Trinajstić information content (AvgIpc) is 2.80. The average molecular weight is 351 g/mol. The molecule has 24 heavy (non-hydrogen) atoms. The van der Waals surface area contributed by atoms with E-state index in [0.717, 1.165) is 11.3 Å². The molecule has 0 radical (unpaired) electrons. The molecule has 0 spiro atoms. The van der Waals surface area contributed by atoms with Crippen molar-refractivity contribution in [3.63, 3.8) is 0 Å². The van der Waals surface area contributed by atoms with Gasteiger partial charge in [0.1, 0.15) is 11.4 Å². The van der Waals surface area contributed by atoms with Gasteiger partial charge in [0.25, 0.3) is 0 Å². The summed E-state index contributed by atoms with van der Waals surface area (Å²) in [6, 6.07) is 3.78. The molecule has 0 bridgehead atoms. The maximum Gasteiger partial charge on any atom is 0.563 e. The Balaban J connectivity index is 1.72. The summed E-state index contributed by atoms with van der Waals surface area (Å²) in [5.41, 5.74) is 0.354. The number of nitrogens with zero attached hydrogens (tertiary/aromatic N) is 3. The highest BCUT2D eigenvalue weighted by Crippen LogP contribution is 2.29. The summed E-state index contributed by atoms with van der Waals surface area (Å²) in [6.45, 7) is 9.86. The summed E-state index contributed by atoms with van der Waals surface area (Å²) >= 11 is 0. The Morgan fingerprint density at radius 2 is 1.96 bits per heavy atom. The van der Waals surface area contributed by atoms with Crippen LogP contribution in [0.1, 0.15) is 13.8 Å². The van der Waals surface area contributed by atoms with E-state index < -0.39 is 22.7 Å². The van der Waals surface area contributed by atoms with E-state index in [1.807, 2.05) is 26.0 Å². The van der Waals surface area contributed by atoms with E-state index in [9.17, 15) is 8.42 Å². The Morgan fingerprint density at radius 3 is 2.50 bits per heavy atom. The fourth-order valence-corrected chi connectivity index (χ4v) is 3.59. The zero-order valence-corrected chi connectivity index (χ0v) is 15.0. The Morgan fingerprint density at radius 1 is 1.29 bits per heavy atom. The summed E-state index contributed by atoms with van der Waals surface area (Å²) in [7, 11) is -3.63. The number of hydrogen-bond acceptors (Lipinski definition) is 6. The smallest absolute Gasteiger partial charge is 0.534 e. The highest BCUT2D eigenvalue weighted by Gasteiger charge is 2.43. The molecule has 2 aliphatic heterocycles. The Bertz CT molecular complexity index is 745. The zero-order valence-electron chi connectivity index (χ0n) is 14.2. The van der Waals surface area contributed by atoms with Gasteiger partial charge in [-0.1, -0.05) is 6.58 Å². The second kappa shape index (κ2) is 6.05. The van der Waals surface area contributed by atoms with Crippen LogP contribution in [0, 0.1) is 0 Å². The number of hydrogen-bond donors (Lipinski definition) is 0. The molecule has 0 amide bonds. The predicted molar refractivity (Wildman–Crippen MR) is 93.6 cm³/mol. The van der Waals surface area contributed by atoms with Crippen LogP contribution in [0.4, 0.5) is 5.82 Å². The third-order valence-corrected chi connectivity index (χ3v) is 5.70. The molecule has 1 aromatic heterocycles. The van der Waals surface area contributed by atoms with Crippen LogP contribution in [0.3, 0.4) is 0 Å². The summed E-state index contributed by atoms with van der Waals surface area (Å²) < 4.78 is 36.3. The molecule has 2 fully saturated rings. The molecule has 7 nitrogen and oxygen atoms in total. The molecule has 0 atom stereocenters. The number of piperazine rings is 1. The first kappa shape index (κ1) is 17.3. The van der Waals surface area contributed by atoms with Crippen LogP contribution in [0.15, 0.2) is 30.7 Å². The van der Waals surface area contributed by atoms with Gasteiger partial charge < -0.3 is 14.2 Å². The van der Waals surface area contributed by atoms with Gasteiger partial charge in [0.05, 0.1) is 12.0 Å². The Labute approximate surface area is 143 Å². The number of pyridine rings is 1. The molecule has 3 heterocycles. The van der Waals surface area contributed by atoms with Crippen LogP contribution in [0.5, 0.6) is 0 Å². The van der Waals surface area contributed by atoms with Crippen LogP contribution in [-0.4, -0.2) is 62.9 Å². The van der Waals surface area contributed by atoms with Crippen molar-refractivity contribution in [2.75, 3.05) is 37.3 Å². The van der Waals surface area contributed by atoms with Gasteiger partial charge in [-0.25, -0.2) is 13.4 Å². The fraction of sp³-hybridized carbons (Fsp3) is 0.533. The quantitative estimate of drug-likeness (QED) is 0.725. The van der Waals surface area contributed by atoms with Crippen molar-refractivity contribution in [1.82, 2.24) is 9.29 Å². The first-order valence-electron chi connectivity index (χ1n) is 7.87. The van der Waals surface area contributed by atoms with Crippen LogP contribution >= 0.6 is 0 Å². The zero-order chi connectivity index (χ0) is 17.5. The van der Waals surface area contributed by atoms with E-state index in [1.165, 1.54) is 10.6 Å². The molecular formula is C15H22BN3O4S. The Hall–Kier alpha value is -1.58. The number of rotatable bonds is 3. The monoisotopic (exact) mass is 351 g/mol. The van der Waals surface area contributed by atoms with Crippen LogP contribution < -0.4 is 10.4 Å². The van der Waals surface area contributed by atoms with Gasteiger partial charge in [-0.15, -0.1) is 0 Å². The topological polar surface area (TPSA) is 72.0 Å². The Kier molecular flexibility index (Phi) is 4.35. The fourth-order valence-electron chi connectivity index (χ4n) is 2.77. The molecular weight excluding hydrogens is 329 g/mol. The SMILES string of the molecule is C=C1OB(c2ccnc(N3CCN(S(C)(=O)=O)CC3)c2)OC1(C)C. The second-order valence-electron chi connectivity index (χ2n) is 6.60. The molecule has 0 unspecified atom stereocenters. The lowest BCUT2D eigenvalue weighted by Crippen LogP contribution is -2.49. The van der Waals surface area contributed by atoms with Crippen LogP contribution in [0.25, 0.3) is 0 Å². The maximum atomic E-state index is 11.6. The van der Waals surface area contributed by atoms with E-state index >= 15 is 0 Å². The van der Waals surface area contributed by atoms with Crippen LogP contribution in [-0.2, 0) is 19.3 Å². The largest absolute Gasteiger partial charge is 0.563 e. The van der Waals surface area contributed by atoms with Crippen molar-refractivity contribution in [3.8, 4) is 0 Å². The number of anilines is 1. The third-order valence-electron chi connectivity index (χ3n) is 4.40. The molecule has 2 aliphatic rings. The first-order valence-corrected chi connectivity index (χ1v) is 9.71. The molecule has 0 aromatic carbocycles. The van der Waals surface area contributed by atoms with E-state index in [2.05, 4.69) is 16.5 Å². The molecule has 9 heteroatoms. The van der Waals surface area contributed by atoms with Crippen molar-refractivity contribution in [2.45, 2.75) is 19.4 Å². The lowest BCUT2D eigenvalue weighted by atomic mass is 9.80. The van der Waals surface area contributed by atoms with Crippen molar-refractivity contribution >= 4 is 28.4 Å². The van der Waals surface area contributed by atoms with E-state index in [4.69, 9.17) is 9.31 Å². The van der Waals surface area contributed by atoms with Crippen molar-refractivity contribution in [1.29, 1.82) is 0 Å². The molecule has 0 saturated carbocycles. The van der Waals surface area contributed by atoms with Gasteiger partial charge in [-0.05, 0) is 26.0 Å². The predicted octanol–water partition coefficient (Wildman–Crippen LogP) is 0.198. The van der Waals surface area contributed by atoms with Crippen LogP contribution in [0.2, 0.25) is 0 Å². The molecule has 0 N–H and O–H groups in total. The normalized spacial score (nSPS) is 21.9. The summed E-state index contributed by atoms with van der Waals surface area (Å²) in [5.74, 6) is 1.40. The van der Waals surface area contributed by atoms with Crippen molar-refractivity contribution < 1.29 is 17.7 Å². The van der Waals surface area contributed by atoms with E-state index in [0.29, 0.717) is 31.9 Å². The second-order valence-corrected chi connectivity index (χ2v) is 8.58. The van der Waals surface area contributed by atoms with Gasteiger partial charge in [0, 0.05) is 37.8 Å². The number of aromatic nitrogens is 1. The van der Waals surface area contributed by atoms with Gasteiger partial charge >= 0.3 is 7.12 Å². The third kappa shape index (κ3) is 3.43.